The molecule has 0 fully saturated rings. The third-order valence-electron chi connectivity index (χ3n) is 1.90. The van der Waals surface area contributed by atoms with Crippen LogP contribution >= 0.6 is 0 Å². The molecule has 0 atom stereocenters. The highest BCUT2D eigenvalue weighted by Crippen LogP contribution is 2.08. The van der Waals surface area contributed by atoms with Crippen LogP contribution in [0.2, 0.25) is 0 Å². The molecule has 1 rings (SSSR count). The van der Waals surface area contributed by atoms with E-state index in [1.165, 1.54) is 0 Å². The molecule has 1 aromatic rings. The average molecular weight is 197 g/mol. The Morgan fingerprint density at radius 3 is 2.79 bits per heavy atom. The molecule has 1 heterocycles. The van der Waals surface area contributed by atoms with Crippen molar-refractivity contribution in [2.45, 2.75) is 26.7 Å². The van der Waals surface area contributed by atoms with Gasteiger partial charge in [-0.25, -0.2) is 4.79 Å². The second-order valence-corrected chi connectivity index (χ2v) is 2.98. The molecule has 0 radical (unpaired) electrons. The third kappa shape index (κ3) is 2.10. The van der Waals surface area contributed by atoms with E-state index < -0.39 is 0 Å². The van der Waals surface area contributed by atoms with Crippen molar-refractivity contribution in [1.29, 1.82) is 0 Å². The minimum Gasteiger partial charge on any atom is -0.461 e. The van der Waals surface area contributed by atoms with Gasteiger partial charge >= 0.3 is 5.97 Å². The van der Waals surface area contributed by atoms with E-state index in [0.717, 1.165) is 18.5 Å². The highest BCUT2D eigenvalue weighted by Gasteiger charge is 2.18. The molecule has 78 valence electrons. The molecule has 0 unspecified atom stereocenters. The molecule has 0 bridgehead atoms. The predicted octanol–water partition coefficient (Wildman–Crippen LogP) is 0.944. The first-order chi connectivity index (χ1) is 6.70. The van der Waals surface area contributed by atoms with Gasteiger partial charge in [-0.15, -0.1) is 5.10 Å². The van der Waals surface area contributed by atoms with Gasteiger partial charge < -0.3 is 4.74 Å². The fraction of sp³-hybridized carbons (Fsp3) is 0.667. The molecule has 0 aliphatic rings. The Bertz CT molecular complexity index is 320. The summed E-state index contributed by atoms with van der Waals surface area (Å²) >= 11 is 0. The van der Waals surface area contributed by atoms with E-state index in [1.807, 2.05) is 6.92 Å². The predicted molar refractivity (Wildman–Crippen MR) is 51.0 cm³/mol. The van der Waals surface area contributed by atoms with Crippen LogP contribution in [0.15, 0.2) is 0 Å². The Labute approximate surface area is 83.1 Å². The molecule has 0 aliphatic carbocycles. The topological polar surface area (TPSA) is 57.0 Å². The fourth-order valence-corrected chi connectivity index (χ4v) is 1.25. The number of nitrogens with zero attached hydrogens (tertiary/aromatic N) is 3. The third-order valence-corrected chi connectivity index (χ3v) is 1.90. The normalized spacial score (nSPS) is 10.2. The van der Waals surface area contributed by atoms with Gasteiger partial charge in [0.1, 0.15) is 0 Å². The van der Waals surface area contributed by atoms with Crippen LogP contribution in [-0.4, -0.2) is 27.6 Å². The summed E-state index contributed by atoms with van der Waals surface area (Å²) in [5.74, 6) is -0.385. The van der Waals surface area contributed by atoms with E-state index in [9.17, 15) is 4.79 Å². The lowest BCUT2D eigenvalue weighted by atomic mass is 10.2. The van der Waals surface area contributed by atoms with Crippen LogP contribution in [0.5, 0.6) is 0 Å². The maximum Gasteiger partial charge on any atom is 0.360 e. The van der Waals surface area contributed by atoms with Crippen molar-refractivity contribution in [1.82, 2.24) is 15.0 Å². The second kappa shape index (κ2) is 4.74. The lowest BCUT2D eigenvalue weighted by molar-refractivity contribution is 0.0518. The summed E-state index contributed by atoms with van der Waals surface area (Å²) in [5.41, 5.74) is 1.18. The number of aryl methyl sites for hydroxylation is 1. The summed E-state index contributed by atoms with van der Waals surface area (Å²) in [7, 11) is 1.78. The van der Waals surface area contributed by atoms with Gasteiger partial charge in [-0.1, -0.05) is 18.6 Å². The highest BCUT2D eigenvalue weighted by molar-refractivity contribution is 5.88. The Morgan fingerprint density at radius 1 is 1.50 bits per heavy atom. The molecule has 0 amide bonds. The second-order valence-electron chi connectivity index (χ2n) is 2.98. The monoisotopic (exact) mass is 197 g/mol. The Hall–Kier alpha value is -1.39. The first-order valence-corrected chi connectivity index (χ1v) is 4.76. The summed E-state index contributed by atoms with van der Waals surface area (Å²) in [5, 5.41) is 7.60. The zero-order valence-corrected chi connectivity index (χ0v) is 8.78. The number of hydrogen-bond donors (Lipinski definition) is 0. The SMILES string of the molecule is CCCc1c(C(=O)OCC)nnn1C. The van der Waals surface area contributed by atoms with Gasteiger partial charge in [-0.2, -0.15) is 0 Å². The van der Waals surface area contributed by atoms with E-state index in [1.54, 1.807) is 18.7 Å². The molecule has 0 saturated carbocycles. The van der Waals surface area contributed by atoms with Crippen LogP contribution < -0.4 is 0 Å². The molecule has 0 spiro atoms. The van der Waals surface area contributed by atoms with Crippen molar-refractivity contribution in [2.24, 2.45) is 7.05 Å². The Balaban J connectivity index is 2.90. The molecule has 0 N–H and O–H groups in total. The zero-order valence-electron chi connectivity index (χ0n) is 8.78. The number of carbonyl (C=O) groups excluding carboxylic acids is 1. The molecule has 0 aliphatic heterocycles. The highest BCUT2D eigenvalue weighted by atomic mass is 16.5. The van der Waals surface area contributed by atoms with E-state index in [-0.39, 0.29) is 5.97 Å². The molecule has 5 nitrogen and oxygen atoms in total. The molecular weight excluding hydrogens is 182 g/mol. The van der Waals surface area contributed by atoms with Gasteiger partial charge in [0.15, 0.2) is 5.69 Å². The van der Waals surface area contributed by atoms with Gasteiger partial charge in [-0.05, 0) is 13.3 Å². The number of hydrogen-bond acceptors (Lipinski definition) is 4. The van der Waals surface area contributed by atoms with Crippen LogP contribution in [0.3, 0.4) is 0 Å². The van der Waals surface area contributed by atoms with Gasteiger partial charge in [0, 0.05) is 7.05 Å². The van der Waals surface area contributed by atoms with E-state index >= 15 is 0 Å². The number of carbonyl (C=O) groups is 1. The number of aromatic nitrogens is 3. The van der Waals surface area contributed by atoms with Crippen LogP contribution in [0.1, 0.15) is 36.5 Å². The minimum absolute atomic E-state index is 0.344. The summed E-state index contributed by atoms with van der Waals surface area (Å²) < 4.78 is 6.49. The molecule has 0 saturated heterocycles. The van der Waals surface area contributed by atoms with Gasteiger partial charge in [0.25, 0.3) is 0 Å². The lowest BCUT2D eigenvalue weighted by Crippen LogP contribution is -2.09. The summed E-state index contributed by atoms with van der Waals surface area (Å²) in [4.78, 5) is 11.4. The smallest absolute Gasteiger partial charge is 0.360 e. The number of ether oxygens (including phenoxy) is 1. The van der Waals surface area contributed by atoms with Crippen LogP contribution in [0.4, 0.5) is 0 Å². The first kappa shape index (κ1) is 10.7. The standard InChI is InChI=1S/C9H15N3O2/c1-4-6-7-8(9(13)14-5-2)10-11-12(7)3/h4-6H2,1-3H3. The zero-order chi connectivity index (χ0) is 10.6. The lowest BCUT2D eigenvalue weighted by Gasteiger charge is -2.01. The van der Waals surface area contributed by atoms with Crippen molar-refractivity contribution < 1.29 is 9.53 Å². The fourth-order valence-electron chi connectivity index (χ4n) is 1.25. The number of rotatable bonds is 4. The van der Waals surface area contributed by atoms with Crippen LogP contribution in [-0.2, 0) is 18.2 Å². The Kier molecular flexibility index (Phi) is 3.62. The molecular formula is C9H15N3O2. The summed E-state index contributed by atoms with van der Waals surface area (Å²) in [6, 6.07) is 0. The molecule has 0 aromatic carbocycles. The molecule has 5 heteroatoms. The maximum atomic E-state index is 11.4. The van der Waals surface area contributed by atoms with Crippen molar-refractivity contribution in [2.75, 3.05) is 6.61 Å². The first-order valence-electron chi connectivity index (χ1n) is 4.76. The summed E-state index contributed by atoms with van der Waals surface area (Å²) in [6.45, 7) is 4.18. The van der Waals surface area contributed by atoms with Crippen molar-refractivity contribution in [3.8, 4) is 0 Å². The average Bonchev–Trinajstić information content (AvgIpc) is 2.50. The molecule has 14 heavy (non-hydrogen) atoms. The van der Waals surface area contributed by atoms with Crippen molar-refractivity contribution in [3.05, 3.63) is 11.4 Å². The maximum absolute atomic E-state index is 11.4. The largest absolute Gasteiger partial charge is 0.461 e. The minimum atomic E-state index is -0.385. The molecule has 1 aromatic heterocycles. The van der Waals surface area contributed by atoms with Crippen molar-refractivity contribution in [3.63, 3.8) is 0 Å². The van der Waals surface area contributed by atoms with Gasteiger partial charge in [-0.3, -0.25) is 4.68 Å². The van der Waals surface area contributed by atoms with Gasteiger partial charge in [0.2, 0.25) is 0 Å². The van der Waals surface area contributed by atoms with E-state index in [0.29, 0.717) is 12.3 Å². The summed E-state index contributed by atoms with van der Waals surface area (Å²) in [6.07, 6.45) is 1.74. The van der Waals surface area contributed by atoms with Gasteiger partial charge in [0.05, 0.1) is 12.3 Å². The quantitative estimate of drug-likeness (QED) is 0.674. The van der Waals surface area contributed by atoms with Crippen molar-refractivity contribution >= 4 is 5.97 Å². The van der Waals surface area contributed by atoms with Crippen LogP contribution in [0.25, 0.3) is 0 Å². The van der Waals surface area contributed by atoms with E-state index in [4.69, 9.17) is 4.74 Å². The Morgan fingerprint density at radius 2 is 2.21 bits per heavy atom. The van der Waals surface area contributed by atoms with Crippen LogP contribution in [0, 0.1) is 0 Å². The van der Waals surface area contributed by atoms with E-state index in [2.05, 4.69) is 10.3 Å². The number of esters is 1.